The van der Waals surface area contributed by atoms with Gasteiger partial charge >= 0.3 is 6.18 Å². The van der Waals surface area contributed by atoms with E-state index in [1.54, 1.807) is 6.07 Å². The van der Waals surface area contributed by atoms with Crippen LogP contribution in [0.4, 0.5) is 13.2 Å². The number of likely N-dealkylation sites (tertiary alicyclic amines) is 1. The summed E-state index contributed by atoms with van der Waals surface area (Å²) in [7, 11) is 0. The van der Waals surface area contributed by atoms with Crippen molar-refractivity contribution in [3.63, 3.8) is 0 Å². The van der Waals surface area contributed by atoms with Crippen molar-refractivity contribution < 1.29 is 27.5 Å². The SMILES string of the molecule is CC(C)C[C@@H]1NC(=O)C2(CCCCCOC[C@@H](C)NC1=O)CCN(Cc1cccc(C(F)(F)F)c1)CC2. The predicted octanol–water partition coefficient (Wildman–Crippen LogP) is 4.91. The van der Waals surface area contributed by atoms with Crippen molar-refractivity contribution in [2.24, 2.45) is 11.3 Å². The summed E-state index contributed by atoms with van der Waals surface area (Å²) < 4.78 is 45.1. The van der Waals surface area contributed by atoms with Crippen LogP contribution in [0.15, 0.2) is 24.3 Å². The van der Waals surface area contributed by atoms with Crippen molar-refractivity contribution >= 4 is 11.8 Å². The third-order valence-electron chi connectivity index (χ3n) is 7.48. The largest absolute Gasteiger partial charge is 0.416 e. The highest BCUT2D eigenvalue weighted by atomic mass is 19.4. The van der Waals surface area contributed by atoms with Crippen molar-refractivity contribution in [2.75, 3.05) is 26.3 Å². The molecule has 0 aromatic heterocycles. The highest BCUT2D eigenvalue weighted by Gasteiger charge is 2.42. The van der Waals surface area contributed by atoms with Gasteiger partial charge in [-0.05, 0) is 69.7 Å². The summed E-state index contributed by atoms with van der Waals surface area (Å²) in [5.74, 6) is -0.0351. The van der Waals surface area contributed by atoms with Gasteiger partial charge in [0.05, 0.1) is 17.6 Å². The molecule has 3 rings (SSSR count). The molecule has 0 aliphatic carbocycles. The van der Waals surface area contributed by atoms with Gasteiger partial charge in [-0.2, -0.15) is 13.2 Å². The molecule has 0 saturated carbocycles. The third kappa shape index (κ3) is 8.70. The Hall–Kier alpha value is -2.13. The summed E-state index contributed by atoms with van der Waals surface area (Å²) >= 11 is 0. The number of halogens is 3. The molecule has 2 aliphatic rings. The minimum atomic E-state index is -4.37. The quantitative estimate of drug-likeness (QED) is 0.586. The normalized spacial score (nSPS) is 24.9. The van der Waals surface area contributed by atoms with Crippen LogP contribution in [0.25, 0.3) is 0 Å². The van der Waals surface area contributed by atoms with Crippen LogP contribution in [0.5, 0.6) is 0 Å². The zero-order valence-corrected chi connectivity index (χ0v) is 22.3. The number of nitrogens with zero attached hydrogens (tertiary/aromatic N) is 1. The first-order valence-corrected chi connectivity index (χ1v) is 13.6. The van der Waals surface area contributed by atoms with E-state index in [4.69, 9.17) is 4.74 Å². The lowest BCUT2D eigenvalue weighted by Crippen LogP contribution is -2.56. The molecule has 2 saturated heterocycles. The number of benzene rings is 1. The number of rotatable bonds is 4. The van der Waals surface area contributed by atoms with Gasteiger partial charge in [-0.1, -0.05) is 44.9 Å². The van der Waals surface area contributed by atoms with Gasteiger partial charge in [0, 0.05) is 19.2 Å². The van der Waals surface area contributed by atoms with Crippen LogP contribution in [0.2, 0.25) is 0 Å². The molecule has 2 atom stereocenters. The molecule has 0 radical (unpaired) electrons. The van der Waals surface area contributed by atoms with Gasteiger partial charge in [0.25, 0.3) is 0 Å². The summed E-state index contributed by atoms with van der Waals surface area (Å²) in [6, 6.07) is 4.69. The number of hydrogen-bond acceptors (Lipinski definition) is 4. The molecule has 2 amide bonds. The van der Waals surface area contributed by atoms with Crippen molar-refractivity contribution in [1.82, 2.24) is 15.5 Å². The average molecular weight is 526 g/mol. The lowest BCUT2D eigenvalue weighted by atomic mass is 9.73. The second-order valence-electron chi connectivity index (χ2n) is 11.2. The Morgan fingerprint density at radius 1 is 1.08 bits per heavy atom. The summed E-state index contributed by atoms with van der Waals surface area (Å²) in [4.78, 5) is 28.9. The number of nitrogens with one attached hydrogen (secondary N) is 2. The monoisotopic (exact) mass is 525 g/mol. The minimum Gasteiger partial charge on any atom is -0.379 e. The van der Waals surface area contributed by atoms with E-state index in [2.05, 4.69) is 15.5 Å². The molecule has 0 unspecified atom stereocenters. The smallest absolute Gasteiger partial charge is 0.379 e. The molecule has 2 heterocycles. The van der Waals surface area contributed by atoms with Crippen molar-refractivity contribution in [3.8, 4) is 0 Å². The van der Waals surface area contributed by atoms with Crippen LogP contribution >= 0.6 is 0 Å². The molecular formula is C28H42F3N3O3. The molecule has 208 valence electrons. The Morgan fingerprint density at radius 2 is 1.81 bits per heavy atom. The zero-order chi connectivity index (χ0) is 27.1. The molecule has 1 spiro atoms. The van der Waals surface area contributed by atoms with Gasteiger partial charge < -0.3 is 15.4 Å². The van der Waals surface area contributed by atoms with E-state index in [1.807, 2.05) is 20.8 Å². The summed E-state index contributed by atoms with van der Waals surface area (Å²) in [5.41, 5.74) is -0.614. The van der Waals surface area contributed by atoms with E-state index < -0.39 is 23.2 Å². The first kappa shape index (κ1) is 29.4. The van der Waals surface area contributed by atoms with Crippen LogP contribution in [0.1, 0.15) is 76.8 Å². The maximum absolute atomic E-state index is 13.7. The molecule has 0 bridgehead atoms. The predicted molar refractivity (Wildman–Crippen MR) is 137 cm³/mol. The number of amides is 2. The van der Waals surface area contributed by atoms with Crippen LogP contribution < -0.4 is 10.6 Å². The lowest BCUT2D eigenvalue weighted by Gasteiger charge is -2.42. The summed E-state index contributed by atoms with van der Waals surface area (Å²) in [5, 5.41) is 6.07. The Kier molecular flexibility index (Phi) is 10.4. The van der Waals surface area contributed by atoms with E-state index in [9.17, 15) is 22.8 Å². The van der Waals surface area contributed by atoms with Crippen LogP contribution in [-0.4, -0.2) is 55.1 Å². The van der Waals surface area contributed by atoms with E-state index in [0.717, 1.165) is 31.7 Å². The number of carbonyl (C=O) groups is 2. The Labute approximate surface area is 218 Å². The Morgan fingerprint density at radius 3 is 2.49 bits per heavy atom. The highest BCUT2D eigenvalue weighted by Crippen LogP contribution is 2.38. The maximum atomic E-state index is 13.7. The maximum Gasteiger partial charge on any atom is 0.416 e. The Bertz CT molecular complexity index is 898. The molecule has 37 heavy (non-hydrogen) atoms. The summed E-state index contributed by atoms with van der Waals surface area (Å²) in [6.45, 7) is 8.67. The molecule has 1 aromatic carbocycles. The standard InChI is InChI=1S/C28H42F3N3O3/c1-20(2)16-24-25(35)32-21(3)19-37-15-6-4-5-10-27(26(36)33-24)11-13-34(14-12-27)18-22-8-7-9-23(17-22)28(29,30)31/h7-9,17,20-21,24H,4-6,10-16,18-19H2,1-3H3,(H,32,35)(H,33,36)/t21-,24+/m1/s1. The second kappa shape index (κ2) is 13.1. The Balaban J connectivity index is 1.72. The van der Waals surface area contributed by atoms with Gasteiger partial charge in [-0.15, -0.1) is 0 Å². The number of carbonyl (C=O) groups excluding carboxylic acids is 2. The van der Waals surface area contributed by atoms with Crippen molar-refractivity contribution in [1.29, 1.82) is 0 Å². The minimum absolute atomic E-state index is 0.0759. The molecule has 9 heteroatoms. The lowest BCUT2D eigenvalue weighted by molar-refractivity contribution is -0.139. The fraction of sp³-hybridized carbons (Fsp3) is 0.714. The van der Waals surface area contributed by atoms with Crippen molar-refractivity contribution in [2.45, 2.75) is 90.5 Å². The average Bonchev–Trinajstić information content (AvgIpc) is 2.83. The molecule has 2 N–H and O–H groups in total. The third-order valence-corrected chi connectivity index (χ3v) is 7.48. The fourth-order valence-corrected chi connectivity index (χ4v) is 5.34. The van der Waals surface area contributed by atoms with E-state index >= 15 is 0 Å². The second-order valence-corrected chi connectivity index (χ2v) is 11.2. The van der Waals surface area contributed by atoms with Gasteiger partial charge in [0.15, 0.2) is 0 Å². The highest BCUT2D eigenvalue weighted by molar-refractivity contribution is 5.90. The van der Waals surface area contributed by atoms with E-state index in [-0.39, 0.29) is 23.8 Å². The van der Waals surface area contributed by atoms with Gasteiger partial charge in [0.1, 0.15) is 6.04 Å². The zero-order valence-electron chi connectivity index (χ0n) is 22.3. The summed E-state index contributed by atoms with van der Waals surface area (Å²) in [6.07, 6.45) is 0.871. The van der Waals surface area contributed by atoms with Gasteiger partial charge in [0.2, 0.25) is 11.8 Å². The van der Waals surface area contributed by atoms with Crippen LogP contribution in [-0.2, 0) is 27.0 Å². The van der Waals surface area contributed by atoms with E-state index in [1.165, 1.54) is 12.1 Å². The molecule has 6 nitrogen and oxygen atoms in total. The number of piperidine rings is 1. The molecule has 2 aliphatic heterocycles. The number of ether oxygens (including phenoxy) is 1. The van der Waals surface area contributed by atoms with Gasteiger partial charge in [-0.25, -0.2) is 0 Å². The van der Waals surface area contributed by atoms with E-state index in [0.29, 0.717) is 57.7 Å². The molecule has 1 aromatic rings. The van der Waals surface area contributed by atoms with Gasteiger partial charge in [-0.3, -0.25) is 14.5 Å². The number of alkyl halides is 3. The number of hydrogen-bond donors (Lipinski definition) is 2. The first-order valence-electron chi connectivity index (χ1n) is 13.6. The first-order chi connectivity index (χ1) is 17.5. The van der Waals surface area contributed by atoms with Crippen LogP contribution in [0.3, 0.4) is 0 Å². The fourth-order valence-electron chi connectivity index (χ4n) is 5.34. The topological polar surface area (TPSA) is 70.7 Å². The molecular weight excluding hydrogens is 483 g/mol. The van der Waals surface area contributed by atoms with Crippen LogP contribution in [0, 0.1) is 11.3 Å². The van der Waals surface area contributed by atoms with Crippen molar-refractivity contribution in [3.05, 3.63) is 35.4 Å². The molecule has 2 fully saturated rings.